The predicted octanol–water partition coefficient (Wildman–Crippen LogP) is 6.68. The van der Waals surface area contributed by atoms with Crippen molar-refractivity contribution < 1.29 is 0 Å². The van der Waals surface area contributed by atoms with Gasteiger partial charge in [-0.1, -0.05) is 63.5 Å². The molecule has 0 atom stereocenters. The van der Waals surface area contributed by atoms with E-state index < -0.39 is 0 Å². The Morgan fingerprint density at radius 3 is 2.09 bits per heavy atom. The van der Waals surface area contributed by atoms with Crippen molar-refractivity contribution >= 4 is 37.7 Å². The fraction of sp³-hybridized carbons (Fsp3) is 0.400. The Kier molecular flexibility index (Phi) is 3.45. The van der Waals surface area contributed by atoms with Crippen molar-refractivity contribution in [3.05, 3.63) is 45.9 Å². The molecule has 1 N–H and O–H groups in total. The van der Waals surface area contributed by atoms with E-state index in [1.807, 2.05) is 0 Å². The third-order valence-electron chi connectivity index (χ3n) is 4.34. The van der Waals surface area contributed by atoms with Crippen LogP contribution in [-0.4, -0.2) is 4.98 Å². The first kappa shape index (κ1) is 15.6. The first-order chi connectivity index (χ1) is 10.1. The number of nitrogens with one attached hydrogen (secondary N) is 1. The van der Waals surface area contributed by atoms with Crippen LogP contribution < -0.4 is 0 Å². The zero-order valence-electron chi connectivity index (χ0n) is 14.3. The molecule has 116 valence electrons. The molecule has 0 spiro atoms. The molecule has 1 heterocycles. The Hall–Kier alpha value is -1.28. The second-order valence-corrected chi connectivity index (χ2v) is 9.18. The summed E-state index contributed by atoms with van der Waals surface area (Å²) in [7, 11) is 0. The molecule has 0 radical (unpaired) electrons. The first-order valence-electron chi connectivity index (χ1n) is 7.83. The number of aromatic amines is 1. The SMILES string of the molecule is CC(C)(C)c1cc(C(C)(C)C)c2[nH]c3ccc(Br)cc3c2c1. The van der Waals surface area contributed by atoms with E-state index in [9.17, 15) is 0 Å². The van der Waals surface area contributed by atoms with Crippen LogP contribution in [0.25, 0.3) is 21.8 Å². The highest BCUT2D eigenvalue weighted by molar-refractivity contribution is 9.10. The van der Waals surface area contributed by atoms with Crippen LogP contribution in [0.4, 0.5) is 0 Å². The van der Waals surface area contributed by atoms with Gasteiger partial charge in [0.05, 0.1) is 5.52 Å². The van der Waals surface area contributed by atoms with Gasteiger partial charge in [0, 0.05) is 20.8 Å². The molecule has 0 saturated heterocycles. The maximum atomic E-state index is 3.64. The van der Waals surface area contributed by atoms with Crippen LogP contribution in [0, 0.1) is 0 Å². The average molecular weight is 358 g/mol. The third kappa shape index (κ3) is 2.58. The molecule has 0 aliphatic heterocycles. The normalized spacial score (nSPS) is 13.2. The van der Waals surface area contributed by atoms with E-state index >= 15 is 0 Å². The Morgan fingerprint density at radius 1 is 0.818 bits per heavy atom. The number of benzene rings is 2. The molecule has 22 heavy (non-hydrogen) atoms. The number of H-pyrrole nitrogens is 1. The second kappa shape index (κ2) is 4.86. The first-order valence-corrected chi connectivity index (χ1v) is 8.62. The molecule has 0 fully saturated rings. The minimum atomic E-state index is 0.109. The number of hydrogen-bond acceptors (Lipinski definition) is 0. The largest absolute Gasteiger partial charge is 0.354 e. The summed E-state index contributed by atoms with van der Waals surface area (Å²) < 4.78 is 1.12. The Bertz CT molecular complexity index is 857. The van der Waals surface area contributed by atoms with Crippen molar-refractivity contribution in [2.45, 2.75) is 52.4 Å². The van der Waals surface area contributed by atoms with Gasteiger partial charge < -0.3 is 4.98 Å². The highest BCUT2D eigenvalue weighted by Gasteiger charge is 2.23. The van der Waals surface area contributed by atoms with Gasteiger partial charge in [0.25, 0.3) is 0 Å². The summed E-state index contributed by atoms with van der Waals surface area (Å²) in [5.41, 5.74) is 5.51. The summed E-state index contributed by atoms with van der Waals surface area (Å²) in [4.78, 5) is 3.64. The second-order valence-electron chi connectivity index (χ2n) is 8.26. The van der Waals surface area contributed by atoms with E-state index in [-0.39, 0.29) is 10.8 Å². The molecule has 0 aliphatic rings. The van der Waals surface area contributed by atoms with Crippen LogP contribution in [0.1, 0.15) is 52.7 Å². The lowest BCUT2D eigenvalue weighted by molar-refractivity contribution is 0.572. The number of hydrogen-bond donors (Lipinski definition) is 1. The van der Waals surface area contributed by atoms with Crippen molar-refractivity contribution in [3.8, 4) is 0 Å². The van der Waals surface area contributed by atoms with Crippen molar-refractivity contribution in [1.29, 1.82) is 0 Å². The molecule has 2 aromatic carbocycles. The maximum absolute atomic E-state index is 3.64. The van der Waals surface area contributed by atoms with Gasteiger partial charge >= 0.3 is 0 Å². The van der Waals surface area contributed by atoms with Crippen molar-refractivity contribution in [2.24, 2.45) is 0 Å². The van der Waals surface area contributed by atoms with Crippen LogP contribution in [0.3, 0.4) is 0 Å². The van der Waals surface area contributed by atoms with Crippen molar-refractivity contribution in [3.63, 3.8) is 0 Å². The highest BCUT2D eigenvalue weighted by atomic mass is 79.9. The van der Waals surface area contributed by atoms with Gasteiger partial charge in [-0.3, -0.25) is 0 Å². The zero-order valence-corrected chi connectivity index (χ0v) is 15.9. The standard InChI is InChI=1S/C20H24BrN/c1-19(2,3)12-9-15-14-11-13(21)7-8-17(14)22-18(15)16(10-12)20(4,5)6/h7-11,22H,1-6H3. The quantitative estimate of drug-likeness (QED) is 0.461. The zero-order chi connectivity index (χ0) is 16.3. The lowest BCUT2D eigenvalue weighted by Crippen LogP contribution is -2.16. The van der Waals surface area contributed by atoms with E-state index in [1.54, 1.807) is 0 Å². The van der Waals surface area contributed by atoms with E-state index in [0.717, 1.165) is 4.47 Å². The summed E-state index contributed by atoms with van der Waals surface area (Å²) in [5, 5.41) is 2.62. The van der Waals surface area contributed by atoms with Gasteiger partial charge in [-0.2, -0.15) is 0 Å². The lowest BCUT2D eigenvalue weighted by Gasteiger charge is -2.25. The van der Waals surface area contributed by atoms with Gasteiger partial charge in [-0.25, -0.2) is 0 Å². The summed E-state index contributed by atoms with van der Waals surface area (Å²) in [6.07, 6.45) is 0. The van der Waals surface area contributed by atoms with Crippen LogP contribution in [-0.2, 0) is 10.8 Å². The van der Waals surface area contributed by atoms with E-state index in [2.05, 4.69) is 92.8 Å². The van der Waals surface area contributed by atoms with Gasteiger partial charge in [-0.05, 0) is 46.2 Å². The van der Waals surface area contributed by atoms with Crippen LogP contribution in [0.2, 0.25) is 0 Å². The summed E-state index contributed by atoms with van der Waals surface area (Å²) in [6.45, 7) is 13.7. The van der Waals surface area contributed by atoms with Crippen LogP contribution in [0.5, 0.6) is 0 Å². The number of aromatic nitrogens is 1. The molecule has 0 bridgehead atoms. The molecule has 0 aliphatic carbocycles. The highest BCUT2D eigenvalue weighted by Crippen LogP contribution is 2.38. The monoisotopic (exact) mass is 357 g/mol. The fourth-order valence-corrected chi connectivity index (χ4v) is 3.36. The van der Waals surface area contributed by atoms with Gasteiger partial charge in [0.2, 0.25) is 0 Å². The molecule has 3 aromatic rings. The summed E-state index contributed by atoms with van der Waals surface area (Å²) in [6, 6.07) is 11.2. The summed E-state index contributed by atoms with van der Waals surface area (Å²) >= 11 is 3.60. The number of halogens is 1. The van der Waals surface area contributed by atoms with E-state index in [1.165, 1.54) is 32.9 Å². The van der Waals surface area contributed by atoms with E-state index in [0.29, 0.717) is 0 Å². The fourth-order valence-electron chi connectivity index (χ4n) is 3.00. The number of rotatable bonds is 0. The van der Waals surface area contributed by atoms with E-state index in [4.69, 9.17) is 0 Å². The molecule has 0 saturated carbocycles. The van der Waals surface area contributed by atoms with Crippen molar-refractivity contribution in [2.75, 3.05) is 0 Å². The predicted molar refractivity (Wildman–Crippen MR) is 101 cm³/mol. The third-order valence-corrected chi connectivity index (χ3v) is 4.84. The lowest BCUT2D eigenvalue weighted by atomic mass is 9.79. The molecule has 1 aromatic heterocycles. The minimum absolute atomic E-state index is 0.109. The molecule has 3 rings (SSSR count). The molecular formula is C20H24BrN. The van der Waals surface area contributed by atoms with Crippen molar-refractivity contribution in [1.82, 2.24) is 4.98 Å². The van der Waals surface area contributed by atoms with Gasteiger partial charge in [0.15, 0.2) is 0 Å². The maximum Gasteiger partial charge on any atom is 0.0503 e. The van der Waals surface area contributed by atoms with Crippen LogP contribution >= 0.6 is 15.9 Å². The molecular weight excluding hydrogens is 334 g/mol. The minimum Gasteiger partial charge on any atom is -0.354 e. The number of fused-ring (bicyclic) bond motifs is 3. The topological polar surface area (TPSA) is 15.8 Å². The molecule has 0 unspecified atom stereocenters. The molecule has 1 nitrogen and oxygen atoms in total. The Morgan fingerprint density at radius 2 is 1.50 bits per heavy atom. The molecule has 0 amide bonds. The smallest absolute Gasteiger partial charge is 0.0503 e. The Balaban J connectivity index is 2.49. The summed E-state index contributed by atoms with van der Waals surface area (Å²) in [5.74, 6) is 0. The van der Waals surface area contributed by atoms with Gasteiger partial charge in [0.1, 0.15) is 0 Å². The molecule has 2 heteroatoms. The average Bonchev–Trinajstić information content (AvgIpc) is 2.73. The van der Waals surface area contributed by atoms with Gasteiger partial charge in [-0.15, -0.1) is 0 Å². The van der Waals surface area contributed by atoms with Crippen LogP contribution in [0.15, 0.2) is 34.8 Å². The Labute approximate surface area is 141 Å².